The van der Waals surface area contributed by atoms with Crippen molar-refractivity contribution < 1.29 is 18.7 Å². The Morgan fingerprint density at radius 1 is 1.04 bits per heavy atom. The largest absolute Gasteiger partial charge is 0.497 e. The van der Waals surface area contributed by atoms with Crippen LogP contribution >= 0.6 is 23.1 Å². The number of carbonyl (C=O) groups excluding carboxylic acids is 2. The summed E-state index contributed by atoms with van der Waals surface area (Å²) in [6, 6.07) is 24.5. The van der Waals surface area contributed by atoms with Gasteiger partial charge in [0, 0.05) is 17.7 Å². The van der Waals surface area contributed by atoms with E-state index in [2.05, 4.69) is 15.5 Å². The molecule has 5 aromatic rings. The van der Waals surface area contributed by atoms with Crippen molar-refractivity contribution in [1.29, 1.82) is 0 Å². The van der Waals surface area contributed by atoms with Crippen molar-refractivity contribution in [3.8, 4) is 11.4 Å². The molecule has 12 heteroatoms. The molecule has 0 unspecified atom stereocenters. The molecule has 9 nitrogen and oxygen atoms in total. The highest BCUT2D eigenvalue weighted by Gasteiger charge is 2.33. The molecule has 2 aromatic heterocycles. The Hall–Kier alpha value is -4.81. The van der Waals surface area contributed by atoms with Crippen LogP contribution in [0.15, 0.2) is 101 Å². The minimum Gasteiger partial charge on any atom is -0.497 e. The fourth-order valence-electron chi connectivity index (χ4n) is 5.03. The van der Waals surface area contributed by atoms with Gasteiger partial charge in [-0.1, -0.05) is 48.2 Å². The lowest BCUT2D eigenvalue weighted by molar-refractivity contribution is -0.130. The lowest BCUT2D eigenvalue weighted by Gasteiger charge is -2.22. The summed E-state index contributed by atoms with van der Waals surface area (Å²) in [4.78, 5) is 27.6. The fraction of sp³-hybridized carbons (Fsp3) is 0.182. The Morgan fingerprint density at radius 2 is 1.87 bits per heavy atom. The maximum atomic E-state index is 13.7. The number of ether oxygens (including phenoxy) is 1. The summed E-state index contributed by atoms with van der Waals surface area (Å²) < 4.78 is 20.8. The van der Waals surface area contributed by atoms with Crippen molar-refractivity contribution >= 4 is 40.6 Å². The van der Waals surface area contributed by atoms with Crippen LogP contribution in [0.25, 0.3) is 5.69 Å². The third kappa shape index (κ3) is 6.81. The molecule has 0 radical (unpaired) electrons. The van der Waals surface area contributed by atoms with Crippen molar-refractivity contribution in [2.24, 2.45) is 5.10 Å². The molecule has 6 rings (SSSR count). The molecule has 1 aliphatic rings. The average molecular weight is 641 g/mol. The number of hydrogen-bond donors (Lipinski definition) is 1. The molecule has 0 bridgehead atoms. The quantitative estimate of drug-likeness (QED) is 0.183. The van der Waals surface area contributed by atoms with E-state index in [1.807, 2.05) is 53.3 Å². The van der Waals surface area contributed by atoms with E-state index in [1.165, 1.54) is 28.9 Å². The standard InChI is InChI=1S/C33H29FN6O3S2/c1-21-6-3-8-25(16-21)39-30(19-35-32(42)23-7-4-9-26(17-23)43-2)36-37-33(39)45-20-31(41)40-28(22-11-13-24(34)14-12-22)18-27(38-40)29-10-5-15-44-29/h3-17,28H,18-20H2,1-2H3,(H,35,42)/t28-/m0/s1. The van der Waals surface area contributed by atoms with E-state index >= 15 is 0 Å². The second-order valence-corrected chi connectivity index (χ2v) is 12.2. The Labute approximate surface area is 267 Å². The number of aromatic nitrogens is 3. The van der Waals surface area contributed by atoms with Gasteiger partial charge < -0.3 is 10.1 Å². The first kappa shape index (κ1) is 30.2. The zero-order valence-electron chi connectivity index (χ0n) is 24.5. The molecule has 1 aliphatic heterocycles. The maximum Gasteiger partial charge on any atom is 0.253 e. The van der Waals surface area contributed by atoms with Crippen molar-refractivity contribution in [2.45, 2.75) is 31.1 Å². The zero-order valence-corrected chi connectivity index (χ0v) is 26.1. The van der Waals surface area contributed by atoms with Gasteiger partial charge in [0.05, 0.1) is 36.0 Å². The van der Waals surface area contributed by atoms with Crippen molar-refractivity contribution in [3.05, 3.63) is 124 Å². The topological polar surface area (TPSA) is 102 Å². The number of carbonyl (C=O) groups is 2. The second-order valence-electron chi connectivity index (χ2n) is 10.3. The van der Waals surface area contributed by atoms with Crippen LogP contribution in [0.5, 0.6) is 5.75 Å². The molecule has 3 aromatic carbocycles. The summed E-state index contributed by atoms with van der Waals surface area (Å²) in [5, 5.41) is 20.4. The third-order valence-corrected chi connectivity index (χ3v) is 9.08. The van der Waals surface area contributed by atoms with Crippen molar-refractivity contribution in [2.75, 3.05) is 12.9 Å². The van der Waals surface area contributed by atoms with Crippen LogP contribution in [0.1, 0.15) is 44.6 Å². The minimum atomic E-state index is -0.354. The Balaban J connectivity index is 1.23. The van der Waals surface area contributed by atoms with Crippen LogP contribution in [0.2, 0.25) is 0 Å². The van der Waals surface area contributed by atoms with Gasteiger partial charge in [-0.3, -0.25) is 14.2 Å². The predicted octanol–water partition coefficient (Wildman–Crippen LogP) is 6.18. The molecule has 228 valence electrons. The van der Waals surface area contributed by atoms with Gasteiger partial charge in [-0.25, -0.2) is 9.40 Å². The van der Waals surface area contributed by atoms with Crippen molar-refractivity contribution in [1.82, 2.24) is 25.1 Å². The molecular weight excluding hydrogens is 612 g/mol. The monoisotopic (exact) mass is 640 g/mol. The van der Waals surface area contributed by atoms with Gasteiger partial charge in [0.1, 0.15) is 11.6 Å². The fourth-order valence-corrected chi connectivity index (χ4v) is 6.57. The zero-order chi connectivity index (χ0) is 31.3. The number of aryl methyl sites for hydroxylation is 1. The maximum absolute atomic E-state index is 13.7. The minimum absolute atomic E-state index is 0.0407. The number of nitrogens with zero attached hydrogens (tertiary/aromatic N) is 5. The summed E-state index contributed by atoms with van der Waals surface area (Å²) in [6.07, 6.45) is 0.527. The number of halogens is 1. The Kier molecular flexibility index (Phi) is 9.03. The summed E-state index contributed by atoms with van der Waals surface area (Å²) >= 11 is 2.80. The molecular formula is C33H29FN6O3S2. The van der Waals surface area contributed by atoms with Crippen LogP contribution in [-0.4, -0.2) is 50.2 Å². The van der Waals surface area contributed by atoms with E-state index in [0.717, 1.165) is 27.4 Å². The number of thiophene rings is 1. The molecule has 3 heterocycles. The number of benzene rings is 3. The van der Waals surface area contributed by atoms with Crippen LogP contribution < -0.4 is 10.1 Å². The lowest BCUT2D eigenvalue weighted by atomic mass is 10.0. The smallest absolute Gasteiger partial charge is 0.253 e. The SMILES string of the molecule is COc1cccc(C(=O)NCc2nnc(SCC(=O)N3N=C(c4cccs4)C[C@H]3c3ccc(F)cc3)n2-c2cccc(C)c2)c1. The molecule has 0 saturated carbocycles. The van der Waals surface area contributed by atoms with E-state index in [4.69, 9.17) is 9.84 Å². The first-order valence-electron chi connectivity index (χ1n) is 14.1. The molecule has 1 N–H and O–H groups in total. The molecule has 0 fully saturated rings. The molecule has 0 aliphatic carbocycles. The lowest BCUT2D eigenvalue weighted by Crippen LogP contribution is -2.28. The van der Waals surface area contributed by atoms with Gasteiger partial charge in [-0.15, -0.1) is 21.5 Å². The first-order chi connectivity index (χ1) is 21.9. The number of methoxy groups -OCH3 is 1. The Bertz CT molecular complexity index is 1860. The summed E-state index contributed by atoms with van der Waals surface area (Å²) in [6.45, 7) is 2.10. The van der Waals surface area contributed by atoms with Crippen LogP contribution in [0.3, 0.4) is 0 Å². The van der Waals surface area contributed by atoms with Gasteiger partial charge in [0.25, 0.3) is 11.8 Å². The highest BCUT2D eigenvalue weighted by molar-refractivity contribution is 7.99. The first-order valence-corrected chi connectivity index (χ1v) is 16.0. The number of amides is 2. The van der Waals surface area contributed by atoms with E-state index in [-0.39, 0.29) is 36.0 Å². The third-order valence-electron chi connectivity index (χ3n) is 7.25. The predicted molar refractivity (Wildman–Crippen MR) is 172 cm³/mol. The normalized spacial score (nSPS) is 14.3. The van der Waals surface area contributed by atoms with Gasteiger partial charge >= 0.3 is 0 Å². The van der Waals surface area contributed by atoms with Gasteiger partial charge in [-0.2, -0.15) is 5.10 Å². The number of hydrogen-bond acceptors (Lipinski definition) is 8. The molecule has 2 amide bonds. The van der Waals surface area contributed by atoms with E-state index in [9.17, 15) is 14.0 Å². The van der Waals surface area contributed by atoms with E-state index < -0.39 is 0 Å². The summed E-state index contributed by atoms with van der Waals surface area (Å²) in [5.74, 6) is 0.301. The number of thioether (sulfide) groups is 1. The summed E-state index contributed by atoms with van der Waals surface area (Å²) in [7, 11) is 1.55. The van der Waals surface area contributed by atoms with Gasteiger partial charge in [-0.05, 0) is 72.0 Å². The highest BCUT2D eigenvalue weighted by atomic mass is 32.2. The molecule has 0 spiro atoms. The van der Waals surface area contributed by atoms with Crippen molar-refractivity contribution in [3.63, 3.8) is 0 Å². The number of hydrazone groups is 1. The van der Waals surface area contributed by atoms with Crippen LogP contribution in [0, 0.1) is 12.7 Å². The molecule has 0 saturated heterocycles. The Morgan fingerprint density at radius 3 is 2.62 bits per heavy atom. The van der Waals surface area contributed by atoms with E-state index in [0.29, 0.717) is 28.7 Å². The van der Waals surface area contributed by atoms with Crippen LogP contribution in [-0.2, 0) is 11.3 Å². The highest BCUT2D eigenvalue weighted by Crippen LogP contribution is 2.35. The number of rotatable bonds is 10. The molecule has 1 atom stereocenters. The van der Waals surface area contributed by atoms with Gasteiger partial charge in [0.15, 0.2) is 11.0 Å². The number of nitrogens with one attached hydrogen (secondary N) is 1. The van der Waals surface area contributed by atoms with Gasteiger partial charge in [0.2, 0.25) is 0 Å². The van der Waals surface area contributed by atoms with E-state index in [1.54, 1.807) is 54.8 Å². The second kappa shape index (κ2) is 13.4. The molecule has 45 heavy (non-hydrogen) atoms. The summed E-state index contributed by atoms with van der Waals surface area (Å²) in [5.41, 5.74) is 3.93. The van der Waals surface area contributed by atoms with Crippen LogP contribution in [0.4, 0.5) is 4.39 Å². The average Bonchev–Trinajstić information content (AvgIpc) is 3.83.